The van der Waals surface area contributed by atoms with E-state index in [9.17, 15) is 4.79 Å². The molecule has 78 valence electrons. The summed E-state index contributed by atoms with van der Waals surface area (Å²) in [4.78, 5) is 11.3. The Morgan fingerprint density at radius 2 is 2.07 bits per heavy atom. The van der Waals surface area contributed by atoms with Gasteiger partial charge < -0.3 is 0 Å². The number of hydrogen-bond acceptors (Lipinski definition) is 2. The molecule has 1 unspecified atom stereocenters. The lowest BCUT2D eigenvalue weighted by Gasteiger charge is -2.12. The van der Waals surface area contributed by atoms with E-state index >= 15 is 0 Å². The van der Waals surface area contributed by atoms with Crippen molar-refractivity contribution < 1.29 is 4.79 Å². The lowest BCUT2D eigenvalue weighted by atomic mass is 9.92. The van der Waals surface area contributed by atoms with Gasteiger partial charge in [-0.05, 0) is 25.2 Å². The van der Waals surface area contributed by atoms with Gasteiger partial charge in [0.05, 0.1) is 6.07 Å². The number of nitrogens with zero attached hydrogens (tertiary/aromatic N) is 1. The summed E-state index contributed by atoms with van der Waals surface area (Å²) in [6.45, 7) is 0. The van der Waals surface area contributed by atoms with Crippen LogP contribution in [-0.4, -0.2) is 5.78 Å². The molecule has 0 spiro atoms. The molecule has 0 aromatic rings. The van der Waals surface area contributed by atoms with E-state index in [4.69, 9.17) is 5.26 Å². The number of carbonyl (C=O) groups is 1. The molecule has 0 N–H and O–H groups in total. The number of Topliss-reactive ketones (excluding diaryl/α,β-unsaturated/α-hetero) is 1. The molecule has 2 nitrogen and oxygen atoms in total. The molecule has 1 aliphatic carbocycles. The third-order valence-electron chi connectivity index (χ3n) is 3.06. The van der Waals surface area contributed by atoms with Crippen LogP contribution in [0.2, 0.25) is 0 Å². The van der Waals surface area contributed by atoms with E-state index in [2.05, 4.69) is 6.07 Å². The second kappa shape index (κ2) is 6.59. The minimum absolute atomic E-state index is 0.425. The van der Waals surface area contributed by atoms with Crippen molar-refractivity contribution in [3.05, 3.63) is 0 Å². The molecule has 1 rings (SSSR count). The zero-order valence-corrected chi connectivity index (χ0v) is 8.80. The monoisotopic (exact) mass is 193 g/mol. The maximum absolute atomic E-state index is 11.3. The van der Waals surface area contributed by atoms with Crippen molar-refractivity contribution in [2.75, 3.05) is 0 Å². The lowest BCUT2D eigenvalue weighted by molar-refractivity contribution is -0.119. The Bertz CT molecular complexity index is 217. The SMILES string of the molecule is N#CCCC1CCCCCC(=O)CC1. The van der Waals surface area contributed by atoms with Gasteiger partial charge in [-0.2, -0.15) is 5.26 Å². The van der Waals surface area contributed by atoms with E-state index in [1.807, 2.05) is 0 Å². The van der Waals surface area contributed by atoms with Crippen LogP contribution >= 0.6 is 0 Å². The van der Waals surface area contributed by atoms with Gasteiger partial charge in [0.1, 0.15) is 5.78 Å². The van der Waals surface area contributed by atoms with Gasteiger partial charge in [0.15, 0.2) is 0 Å². The van der Waals surface area contributed by atoms with Crippen molar-refractivity contribution in [2.45, 2.75) is 57.8 Å². The van der Waals surface area contributed by atoms with Crippen molar-refractivity contribution >= 4 is 5.78 Å². The van der Waals surface area contributed by atoms with Crippen molar-refractivity contribution in [3.63, 3.8) is 0 Å². The first-order valence-electron chi connectivity index (χ1n) is 5.71. The minimum Gasteiger partial charge on any atom is -0.300 e. The second-order valence-corrected chi connectivity index (χ2v) is 4.24. The van der Waals surface area contributed by atoms with Crippen LogP contribution in [-0.2, 0) is 4.79 Å². The van der Waals surface area contributed by atoms with E-state index in [0.29, 0.717) is 18.1 Å². The van der Waals surface area contributed by atoms with Crippen molar-refractivity contribution in [1.82, 2.24) is 0 Å². The fourth-order valence-electron chi connectivity index (χ4n) is 2.12. The van der Waals surface area contributed by atoms with Crippen LogP contribution in [0.1, 0.15) is 57.8 Å². The highest BCUT2D eigenvalue weighted by Crippen LogP contribution is 2.23. The zero-order chi connectivity index (χ0) is 10.2. The number of carbonyl (C=O) groups excluding carboxylic acids is 1. The third kappa shape index (κ3) is 4.41. The highest BCUT2D eigenvalue weighted by Gasteiger charge is 2.13. The Kier molecular flexibility index (Phi) is 5.29. The van der Waals surface area contributed by atoms with Crippen molar-refractivity contribution in [1.29, 1.82) is 5.26 Å². The molecule has 0 saturated heterocycles. The normalized spacial score (nSPS) is 24.5. The van der Waals surface area contributed by atoms with Crippen LogP contribution in [0.15, 0.2) is 0 Å². The van der Waals surface area contributed by atoms with Crippen LogP contribution in [0.4, 0.5) is 0 Å². The number of nitriles is 1. The van der Waals surface area contributed by atoms with Gasteiger partial charge >= 0.3 is 0 Å². The number of ketones is 1. The molecule has 0 aliphatic heterocycles. The molecule has 1 saturated carbocycles. The van der Waals surface area contributed by atoms with Crippen molar-refractivity contribution in [2.24, 2.45) is 5.92 Å². The van der Waals surface area contributed by atoms with Gasteiger partial charge in [0.2, 0.25) is 0 Å². The van der Waals surface area contributed by atoms with Gasteiger partial charge in [-0.15, -0.1) is 0 Å². The molecule has 14 heavy (non-hydrogen) atoms. The average Bonchev–Trinajstić information content (AvgIpc) is 2.28. The molecule has 1 fully saturated rings. The van der Waals surface area contributed by atoms with Gasteiger partial charge in [-0.1, -0.05) is 19.3 Å². The average molecular weight is 193 g/mol. The molecule has 0 heterocycles. The molecule has 0 bridgehead atoms. The van der Waals surface area contributed by atoms with Crippen molar-refractivity contribution in [3.8, 4) is 6.07 Å². The standard InChI is InChI=1S/C12H19NO/c13-10-4-6-11-5-2-1-3-7-12(14)9-8-11/h11H,1-9H2. The molecule has 0 aromatic carbocycles. The van der Waals surface area contributed by atoms with Crippen LogP contribution in [0.3, 0.4) is 0 Å². The fourth-order valence-corrected chi connectivity index (χ4v) is 2.12. The largest absolute Gasteiger partial charge is 0.300 e. The van der Waals surface area contributed by atoms with Crippen LogP contribution in [0, 0.1) is 17.2 Å². The summed E-state index contributed by atoms with van der Waals surface area (Å²) in [7, 11) is 0. The van der Waals surface area contributed by atoms with Gasteiger partial charge in [0.25, 0.3) is 0 Å². The van der Waals surface area contributed by atoms with Crippen LogP contribution < -0.4 is 0 Å². The van der Waals surface area contributed by atoms with Gasteiger partial charge in [-0.25, -0.2) is 0 Å². The number of hydrogen-bond donors (Lipinski definition) is 0. The van der Waals surface area contributed by atoms with E-state index in [-0.39, 0.29) is 0 Å². The summed E-state index contributed by atoms with van der Waals surface area (Å²) in [5.41, 5.74) is 0. The summed E-state index contributed by atoms with van der Waals surface area (Å²) in [5.74, 6) is 1.05. The minimum atomic E-state index is 0.425. The van der Waals surface area contributed by atoms with Crippen LogP contribution in [0.25, 0.3) is 0 Å². The Morgan fingerprint density at radius 3 is 2.86 bits per heavy atom. The molecule has 0 radical (unpaired) electrons. The summed E-state index contributed by atoms with van der Waals surface area (Å²) < 4.78 is 0. The smallest absolute Gasteiger partial charge is 0.132 e. The second-order valence-electron chi connectivity index (χ2n) is 4.24. The highest BCUT2D eigenvalue weighted by atomic mass is 16.1. The highest BCUT2D eigenvalue weighted by molar-refractivity contribution is 5.78. The summed E-state index contributed by atoms with van der Waals surface area (Å²) in [5, 5.41) is 8.51. The fraction of sp³-hybridized carbons (Fsp3) is 0.833. The molecule has 0 aromatic heterocycles. The summed E-state index contributed by atoms with van der Waals surface area (Å²) >= 11 is 0. The Morgan fingerprint density at radius 1 is 1.21 bits per heavy atom. The maximum Gasteiger partial charge on any atom is 0.132 e. The van der Waals surface area contributed by atoms with Gasteiger partial charge in [0, 0.05) is 19.3 Å². The van der Waals surface area contributed by atoms with E-state index in [1.54, 1.807) is 0 Å². The molecular weight excluding hydrogens is 174 g/mol. The predicted molar refractivity (Wildman–Crippen MR) is 55.7 cm³/mol. The van der Waals surface area contributed by atoms with Gasteiger partial charge in [-0.3, -0.25) is 4.79 Å². The summed E-state index contributed by atoms with van der Waals surface area (Å²) in [6.07, 6.45) is 8.90. The molecule has 0 amide bonds. The first-order valence-corrected chi connectivity index (χ1v) is 5.71. The van der Waals surface area contributed by atoms with E-state index < -0.39 is 0 Å². The molecular formula is C12H19NO. The first-order chi connectivity index (χ1) is 6.83. The molecule has 1 atom stereocenters. The maximum atomic E-state index is 11.3. The lowest BCUT2D eigenvalue weighted by Crippen LogP contribution is -2.03. The predicted octanol–water partition coefficient (Wildman–Crippen LogP) is 3.22. The number of rotatable bonds is 2. The quantitative estimate of drug-likeness (QED) is 0.675. The zero-order valence-electron chi connectivity index (χ0n) is 8.80. The first kappa shape index (κ1) is 11.2. The molecule has 1 aliphatic rings. The topological polar surface area (TPSA) is 40.9 Å². The third-order valence-corrected chi connectivity index (χ3v) is 3.06. The Balaban J connectivity index is 2.33. The van der Waals surface area contributed by atoms with Crippen LogP contribution in [0.5, 0.6) is 0 Å². The Hall–Kier alpha value is -0.840. The van der Waals surface area contributed by atoms with E-state index in [1.165, 1.54) is 19.3 Å². The van der Waals surface area contributed by atoms with E-state index in [0.717, 1.165) is 32.1 Å². The Labute approximate surface area is 86.3 Å². The molecule has 2 heteroatoms. The summed E-state index contributed by atoms with van der Waals surface area (Å²) in [6, 6.07) is 2.19.